The predicted molar refractivity (Wildman–Crippen MR) is 125 cm³/mol. The zero-order valence-corrected chi connectivity index (χ0v) is 19.4. The molecule has 172 valence electrons. The second-order valence-electron chi connectivity index (χ2n) is 7.86. The Bertz CT molecular complexity index is 1150. The highest BCUT2D eigenvalue weighted by Crippen LogP contribution is 2.40. The largest absolute Gasteiger partial charge is 0.495 e. The van der Waals surface area contributed by atoms with Crippen molar-refractivity contribution in [3.8, 4) is 17.2 Å². The van der Waals surface area contributed by atoms with Crippen molar-refractivity contribution >= 4 is 29.1 Å². The van der Waals surface area contributed by atoms with Gasteiger partial charge in [-0.3, -0.25) is 9.59 Å². The van der Waals surface area contributed by atoms with Crippen LogP contribution in [0.25, 0.3) is 5.69 Å². The molecule has 0 saturated carbocycles. The fourth-order valence-electron chi connectivity index (χ4n) is 3.93. The number of halogens is 1. The van der Waals surface area contributed by atoms with Gasteiger partial charge in [0.05, 0.1) is 43.2 Å². The molecular formula is C24H25ClN4O4. The topological polar surface area (TPSA) is 85.7 Å². The number of amides is 2. The summed E-state index contributed by atoms with van der Waals surface area (Å²) in [6, 6.07) is 10.9. The van der Waals surface area contributed by atoms with Crippen LogP contribution < -0.4 is 19.7 Å². The second-order valence-corrected chi connectivity index (χ2v) is 8.26. The maximum Gasteiger partial charge on any atom is 0.227 e. The molecule has 1 aliphatic heterocycles. The minimum absolute atomic E-state index is 0.116. The Morgan fingerprint density at radius 3 is 2.55 bits per heavy atom. The summed E-state index contributed by atoms with van der Waals surface area (Å²) in [4.78, 5) is 31.3. The second kappa shape index (κ2) is 9.54. The maximum atomic E-state index is 12.9. The van der Waals surface area contributed by atoms with E-state index in [1.165, 1.54) is 14.2 Å². The number of methoxy groups -OCH3 is 2. The van der Waals surface area contributed by atoms with Gasteiger partial charge in [0.1, 0.15) is 11.5 Å². The first-order chi connectivity index (χ1) is 15.9. The molecule has 0 aliphatic carbocycles. The molecule has 1 aliphatic rings. The number of benzene rings is 2. The number of anilines is 1. The van der Waals surface area contributed by atoms with Gasteiger partial charge >= 0.3 is 0 Å². The molecule has 1 fully saturated rings. The molecule has 4 rings (SSSR count). The van der Waals surface area contributed by atoms with Gasteiger partial charge in [0, 0.05) is 37.1 Å². The third kappa shape index (κ3) is 4.66. The van der Waals surface area contributed by atoms with E-state index in [0.29, 0.717) is 22.2 Å². The molecule has 1 saturated heterocycles. The maximum absolute atomic E-state index is 12.9. The van der Waals surface area contributed by atoms with Crippen LogP contribution in [-0.4, -0.2) is 42.1 Å². The molecule has 0 bridgehead atoms. The van der Waals surface area contributed by atoms with Gasteiger partial charge in [0.25, 0.3) is 0 Å². The Morgan fingerprint density at radius 1 is 1.18 bits per heavy atom. The van der Waals surface area contributed by atoms with E-state index in [2.05, 4.69) is 10.3 Å². The number of nitrogens with zero attached hydrogens (tertiary/aromatic N) is 3. The Morgan fingerprint density at radius 2 is 1.91 bits per heavy atom. The summed E-state index contributed by atoms with van der Waals surface area (Å²) < 4.78 is 12.5. The number of imidazole rings is 1. The van der Waals surface area contributed by atoms with Gasteiger partial charge in [0.2, 0.25) is 11.8 Å². The highest BCUT2D eigenvalue weighted by Gasteiger charge is 2.37. The van der Waals surface area contributed by atoms with Crippen molar-refractivity contribution in [1.29, 1.82) is 0 Å². The lowest BCUT2D eigenvalue weighted by Gasteiger charge is -2.21. The summed E-state index contributed by atoms with van der Waals surface area (Å²) in [7, 11) is 3.02. The van der Waals surface area contributed by atoms with Crippen LogP contribution >= 0.6 is 11.6 Å². The monoisotopic (exact) mass is 468 g/mol. The number of aromatic nitrogens is 2. The Balaban J connectivity index is 1.44. The fourth-order valence-corrected chi connectivity index (χ4v) is 4.17. The van der Waals surface area contributed by atoms with Crippen molar-refractivity contribution in [1.82, 2.24) is 14.9 Å². The summed E-state index contributed by atoms with van der Waals surface area (Å²) in [6.45, 7) is 2.17. The summed E-state index contributed by atoms with van der Waals surface area (Å²) in [6.07, 6.45) is 5.44. The summed E-state index contributed by atoms with van der Waals surface area (Å²) >= 11 is 6.26. The van der Waals surface area contributed by atoms with Crippen molar-refractivity contribution in [2.24, 2.45) is 5.92 Å². The van der Waals surface area contributed by atoms with Gasteiger partial charge in [-0.1, -0.05) is 23.7 Å². The quantitative estimate of drug-likeness (QED) is 0.570. The minimum Gasteiger partial charge on any atom is -0.495 e. The zero-order chi connectivity index (χ0) is 23.5. The van der Waals surface area contributed by atoms with Crippen LogP contribution in [0, 0.1) is 5.92 Å². The lowest BCUT2D eigenvalue weighted by atomic mass is 10.0. The molecule has 33 heavy (non-hydrogen) atoms. The molecule has 0 spiro atoms. The highest BCUT2D eigenvalue weighted by molar-refractivity contribution is 6.32. The van der Waals surface area contributed by atoms with Crippen molar-refractivity contribution in [3.05, 3.63) is 65.7 Å². The summed E-state index contributed by atoms with van der Waals surface area (Å²) in [5.41, 5.74) is 2.47. The van der Waals surface area contributed by atoms with Crippen LogP contribution in [0.1, 0.15) is 24.9 Å². The number of nitrogens with one attached hydrogen (secondary N) is 1. The first kappa shape index (κ1) is 22.7. The molecule has 2 aromatic carbocycles. The number of ether oxygens (including phenoxy) is 2. The standard InChI is InChI=1S/C24H25ClN4O4/c1-15(16-4-6-18(7-5-16)28-9-8-26-14-28)27-24(31)17-10-23(30)29(13-17)20-11-19(25)21(32-2)12-22(20)33-3/h4-9,11-12,14-15,17H,10,13H2,1-3H3,(H,27,31)/t15-,17-/m0/s1. The van der Waals surface area contributed by atoms with E-state index in [1.807, 2.05) is 42.0 Å². The smallest absolute Gasteiger partial charge is 0.227 e. The van der Waals surface area contributed by atoms with Crippen LogP contribution in [-0.2, 0) is 9.59 Å². The van der Waals surface area contributed by atoms with Crippen molar-refractivity contribution in [2.75, 3.05) is 25.7 Å². The average Bonchev–Trinajstić information content (AvgIpc) is 3.49. The average molecular weight is 469 g/mol. The third-order valence-corrected chi connectivity index (χ3v) is 6.09. The van der Waals surface area contributed by atoms with Crippen molar-refractivity contribution in [3.63, 3.8) is 0 Å². The summed E-state index contributed by atoms with van der Waals surface area (Å²) in [5, 5.41) is 3.39. The third-order valence-electron chi connectivity index (χ3n) is 5.79. The molecule has 1 N–H and O–H groups in total. The molecule has 0 unspecified atom stereocenters. The normalized spacial score (nSPS) is 16.5. The van der Waals surface area contributed by atoms with E-state index in [4.69, 9.17) is 21.1 Å². The van der Waals surface area contributed by atoms with Gasteiger partial charge in [0.15, 0.2) is 0 Å². The zero-order valence-electron chi connectivity index (χ0n) is 18.6. The molecule has 1 aromatic heterocycles. The Labute approximate surface area is 197 Å². The minimum atomic E-state index is -0.476. The number of hydrogen-bond acceptors (Lipinski definition) is 5. The SMILES string of the molecule is COc1cc(OC)c(N2C[C@@H](C(=O)N[C@@H](C)c3ccc(-n4ccnc4)cc3)CC2=O)cc1Cl. The van der Waals surface area contributed by atoms with Crippen LogP contribution in [0.4, 0.5) is 5.69 Å². The number of rotatable bonds is 7. The van der Waals surface area contributed by atoms with E-state index in [0.717, 1.165) is 11.3 Å². The van der Waals surface area contributed by atoms with E-state index >= 15 is 0 Å². The molecule has 0 radical (unpaired) electrons. The van der Waals surface area contributed by atoms with E-state index in [1.54, 1.807) is 29.6 Å². The van der Waals surface area contributed by atoms with Crippen molar-refractivity contribution < 1.29 is 19.1 Å². The van der Waals surface area contributed by atoms with Gasteiger partial charge in [-0.05, 0) is 30.7 Å². The van der Waals surface area contributed by atoms with Gasteiger partial charge in [-0.15, -0.1) is 0 Å². The predicted octanol–water partition coefficient (Wildman–Crippen LogP) is 3.77. The van der Waals surface area contributed by atoms with Gasteiger partial charge in [-0.2, -0.15) is 0 Å². The van der Waals surface area contributed by atoms with Crippen molar-refractivity contribution in [2.45, 2.75) is 19.4 Å². The Kier molecular flexibility index (Phi) is 6.55. The first-order valence-corrected chi connectivity index (χ1v) is 10.9. The number of carbonyl (C=O) groups excluding carboxylic acids is 2. The molecule has 2 heterocycles. The molecular weight excluding hydrogens is 444 g/mol. The number of hydrogen-bond donors (Lipinski definition) is 1. The first-order valence-electron chi connectivity index (χ1n) is 10.5. The van der Waals surface area contributed by atoms with E-state index in [9.17, 15) is 9.59 Å². The molecule has 3 aromatic rings. The lowest BCUT2D eigenvalue weighted by molar-refractivity contribution is -0.126. The number of carbonyl (C=O) groups is 2. The molecule has 2 atom stereocenters. The Hall–Kier alpha value is -3.52. The van der Waals surface area contributed by atoms with Crippen LogP contribution in [0.15, 0.2) is 55.1 Å². The fraction of sp³-hybridized carbons (Fsp3) is 0.292. The van der Waals surface area contributed by atoms with Gasteiger partial charge < -0.3 is 24.3 Å². The van der Waals surface area contributed by atoms with Crippen LogP contribution in [0.2, 0.25) is 5.02 Å². The molecule has 8 nitrogen and oxygen atoms in total. The van der Waals surface area contributed by atoms with Gasteiger partial charge in [-0.25, -0.2) is 4.98 Å². The van der Waals surface area contributed by atoms with E-state index in [-0.39, 0.29) is 30.8 Å². The molecule has 2 amide bonds. The molecule has 9 heteroatoms. The lowest BCUT2D eigenvalue weighted by Crippen LogP contribution is -2.34. The summed E-state index contributed by atoms with van der Waals surface area (Å²) in [5.74, 6) is 0.0986. The van der Waals surface area contributed by atoms with Crippen LogP contribution in [0.3, 0.4) is 0 Å². The highest BCUT2D eigenvalue weighted by atomic mass is 35.5. The van der Waals surface area contributed by atoms with E-state index < -0.39 is 5.92 Å². The van der Waals surface area contributed by atoms with Crippen LogP contribution in [0.5, 0.6) is 11.5 Å².